The molecule has 0 amide bonds. The van der Waals surface area contributed by atoms with Crippen LogP contribution in [-0.4, -0.2) is 23.0 Å². The summed E-state index contributed by atoms with van der Waals surface area (Å²) in [4.78, 5) is 16.9. The van der Waals surface area contributed by atoms with Crippen LogP contribution in [0.15, 0.2) is 36.5 Å². The Morgan fingerprint density at radius 2 is 2.21 bits per heavy atom. The zero-order valence-electron chi connectivity index (χ0n) is 10.6. The first kappa shape index (κ1) is 11.1. The smallest absolute Gasteiger partial charge is 0.168 e. The van der Waals surface area contributed by atoms with Gasteiger partial charge in [0.25, 0.3) is 0 Å². The van der Waals surface area contributed by atoms with Crippen molar-refractivity contribution in [1.29, 1.82) is 0 Å². The van der Waals surface area contributed by atoms with Crippen LogP contribution in [0.2, 0.25) is 0 Å². The second-order valence-corrected chi connectivity index (χ2v) is 5.49. The molecule has 3 nitrogen and oxygen atoms in total. The van der Waals surface area contributed by atoms with Gasteiger partial charge in [0.2, 0.25) is 0 Å². The van der Waals surface area contributed by atoms with E-state index in [-0.39, 0.29) is 17.8 Å². The quantitative estimate of drug-likeness (QED) is 0.772. The molecule has 4 rings (SSSR count). The summed E-state index contributed by atoms with van der Waals surface area (Å²) in [5, 5.41) is 1.03. The third-order valence-electron chi connectivity index (χ3n) is 4.33. The lowest BCUT2D eigenvalue weighted by Gasteiger charge is -2.17. The van der Waals surface area contributed by atoms with E-state index in [9.17, 15) is 4.79 Å². The molecule has 96 valence electrons. The Balaban J connectivity index is 1.68. The maximum absolute atomic E-state index is 12.6. The van der Waals surface area contributed by atoms with Crippen LogP contribution in [0.4, 0.5) is 0 Å². The normalized spacial score (nSPS) is 28.9. The van der Waals surface area contributed by atoms with E-state index in [1.54, 1.807) is 6.20 Å². The van der Waals surface area contributed by atoms with Gasteiger partial charge >= 0.3 is 0 Å². The Bertz CT molecular complexity index is 652. The molecule has 1 aromatic heterocycles. The molecule has 2 aliphatic heterocycles. The second kappa shape index (κ2) is 4.14. The minimum absolute atomic E-state index is 0.0628. The number of carbonyl (C=O) groups excluding carboxylic acids is 1. The third kappa shape index (κ3) is 1.77. The largest absolute Gasteiger partial charge is 0.374 e. The zero-order valence-corrected chi connectivity index (χ0v) is 10.6. The molecule has 3 unspecified atom stereocenters. The molecule has 0 N–H and O–H groups in total. The van der Waals surface area contributed by atoms with E-state index in [2.05, 4.69) is 4.98 Å². The van der Waals surface area contributed by atoms with Gasteiger partial charge in [-0.3, -0.25) is 9.78 Å². The minimum Gasteiger partial charge on any atom is -0.374 e. The molecule has 2 bridgehead atoms. The highest BCUT2D eigenvalue weighted by Crippen LogP contribution is 2.40. The van der Waals surface area contributed by atoms with Crippen molar-refractivity contribution >= 4 is 16.7 Å². The third-order valence-corrected chi connectivity index (χ3v) is 4.33. The second-order valence-electron chi connectivity index (χ2n) is 5.49. The van der Waals surface area contributed by atoms with E-state index < -0.39 is 0 Å². The van der Waals surface area contributed by atoms with Gasteiger partial charge in [-0.1, -0.05) is 6.07 Å². The average molecular weight is 253 g/mol. The Morgan fingerprint density at radius 3 is 3.00 bits per heavy atom. The zero-order chi connectivity index (χ0) is 12.8. The average Bonchev–Trinajstić information content (AvgIpc) is 3.08. The topological polar surface area (TPSA) is 39.2 Å². The molecular weight excluding hydrogens is 238 g/mol. The van der Waals surface area contributed by atoms with Crippen LogP contribution in [-0.2, 0) is 4.74 Å². The first-order valence-corrected chi connectivity index (χ1v) is 6.86. The summed E-state index contributed by atoms with van der Waals surface area (Å²) in [5.74, 6) is 0.297. The maximum Gasteiger partial charge on any atom is 0.168 e. The Morgan fingerprint density at radius 1 is 1.26 bits per heavy atom. The summed E-state index contributed by atoms with van der Waals surface area (Å²) in [6.45, 7) is 0. The van der Waals surface area contributed by atoms with Gasteiger partial charge in [0.05, 0.1) is 23.6 Å². The predicted octanol–water partition coefficient (Wildman–Crippen LogP) is 2.99. The van der Waals surface area contributed by atoms with E-state index in [0.29, 0.717) is 6.10 Å². The molecule has 0 saturated carbocycles. The van der Waals surface area contributed by atoms with Crippen LogP contribution < -0.4 is 0 Å². The number of hydrogen-bond donors (Lipinski definition) is 0. The minimum atomic E-state index is 0.0628. The Kier molecular flexibility index (Phi) is 2.42. The predicted molar refractivity (Wildman–Crippen MR) is 72.1 cm³/mol. The lowest BCUT2D eigenvalue weighted by Crippen LogP contribution is -2.25. The van der Waals surface area contributed by atoms with Crippen molar-refractivity contribution in [1.82, 2.24) is 4.98 Å². The Labute approximate surface area is 111 Å². The number of pyridine rings is 1. The van der Waals surface area contributed by atoms with Gasteiger partial charge in [-0.05, 0) is 43.5 Å². The number of carbonyl (C=O) groups is 1. The van der Waals surface area contributed by atoms with Crippen LogP contribution in [0.3, 0.4) is 0 Å². The molecule has 3 atom stereocenters. The molecule has 0 spiro atoms. The molecule has 2 aromatic rings. The first-order valence-electron chi connectivity index (χ1n) is 6.86. The molecule has 0 aliphatic carbocycles. The van der Waals surface area contributed by atoms with Crippen LogP contribution >= 0.6 is 0 Å². The highest BCUT2D eigenvalue weighted by molar-refractivity contribution is 6.01. The van der Waals surface area contributed by atoms with Crippen LogP contribution in [0.1, 0.15) is 29.6 Å². The summed E-state index contributed by atoms with van der Waals surface area (Å²) in [7, 11) is 0. The Hall–Kier alpha value is -1.74. The summed E-state index contributed by atoms with van der Waals surface area (Å²) in [5.41, 5.74) is 1.73. The number of benzene rings is 1. The van der Waals surface area contributed by atoms with E-state index in [1.807, 2.05) is 30.3 Å². The van der Waals surface area contributed by atoms with Crippen molar-refractivity contribution in [2.75, 3.05) is 0 Å². The fraction of sp³-hybridized carbons (Fsp3) is 0.375. The maximum atomic E-state index is 12.6. The summed E-state index contributed by atoms with van der Waals surface area (Å²) >= 11 is 0. The van der Waals surface area contributed by atoms with Crippen molar-refractivity contribution in [3.8, 4) is 0 Å². The van der Waals surface area contributed by atoms with Gasteiger partial charge in [-0.25, -0.2) is 0 Å². The van der Waals surface area contributed by atoms with Gasteiger partial charge in [-0.15, -0.1) is 0 Å². The molecule has 3 heteroatoms. The summed E-state index contributed by atoms with van der Waals surface area (Å²) < 4.78 is 5.78. The lowest BCUT2D eigenvalue weighted by molar-refractivity contribution is 0.0743. The van der Waals surface area contributed by atoms with E-state index in [4.69, 9.17) is 4.74 Å². The molecule has 3 heterocycles. The number of aromatic nitrogens is 1. The van der Waals surface area contributed by atoms with Crippen molar-refractivity contribution in [2.24, 2.45) is 5.92 Å². The lowest BCUT2D eigenvalue weighted by atomic mass is 9.83. The van der Waals surface area contributed by atoms with Gasteiger partial charge < -0.3 is 4.74 Å². The first-order chi connectivity index (χ1) is 9.31. The van der Waals surface area contributed by atoms with Crippen molar-refractivity contribution in [3.05, 3.63) is 42.1 Å². The molecule has 2 saturated heterocycles. The number of fused-ring (bicyclic) bond motifs is 3. The molecule has 0 radical (unpaired) electrons. The molecular formula is C16H15NO2. The van der Waals surface area contributed by atoms with Gasteiger partial charge in [-0.2, -0.15) is 0 Å². The number of rotatable bonds is 2. The SMILES string of the molecule is O=C(c1ccc2ncccc2c1)C1CC2CCC1O2. The van der Waals surface area contributed by atoms with E-state index in [1.165, 1.54) is 0 Å². The number of ether oxygens (including phenoxy) is 1. The molecule has 2 aliphatic rings. The van der Waals surface area contributed by atoms with Crippen molar-refractivity contribution < 1.29 is 9.53 Å². The van der Waals surface area contributed by atoms with Crippen LogP contribution in [0, 0.1) is 5.92 Å². The molecule has 2 fully saturated rings. The standard InChI is InChI=1S/C16H15NO2/c18-16(13-9-12-4-6-15(13)19-12)11-3-5-14-10(8-11)2-1-7-17-14/h1-3,5,7-8,12-13,15H,4,6,9H2. The van der Waals surface area contributed by atoms with E-state index in [0.717, 1.165) is 35.7 Å². The van der Waals surface area contributed by atoms with Crippen LogP contribution in [0.5, 0.6) is 0 Å². The number of hydrogen-bond acceptors (Lipinski definition) is 3. The highest BCUT2D eigenvalue weighted by Gasteiger charge is 2.44. The summed E-state index contributed by atoms with van der Waals surface area (Å²) in [6, 6.07) is 9.67. The number of nitrogens with zero attached hydrogens (tertiary/aromatic N) is 1. The van der Waals surface area contributed by atoms with E-state index >= 15 is 0 Å². The monoisotopic (exact) mass is 253 g/mol. The fourth-order valence-corrected chi connectivity index (χ4v) is 3.36. The molecule has 1 aromatic carbocycles. The highest BCUT2D eigenvalue weighted by atomic mass is 16.5. The molecule has 19 heavy (non-hydrogen) atoms. The van der Waals surface area contributed by atoms with Crippen molar-refractivity contribution in [3.63, 3.8) is 0 Å². The van der Waals surface area contributed by atoms with Crippen LogP contribution in [0.25, 0.3) is 10.9 Å². The summed E-state index contributed by atoms with van der Waals surface area (Å²) in [6.07, 6.45) is 5.30. The van der Waals surface area contributed by atoms with Gasteiger partial charge in [0, 0.05) is 17.1 Å². The van der Waals surface area contributed by atoms with Gasteiger partial charge in [0.1, 0.15) is 0 Å². The fourth-order valence-electron chi connectivity index (χ4n) is 3.36. The van der Waals surface area contributed by atoms with Gasteiger partial charge in [0.15, 0.2) is 5.78 Å². The van der Waals surface area contributed by atoms with Crippen molar-refractivity contribution in [2.45, 2.75) is 31.5 Å². The number of ketones is 1. The number of Topliss-reactive ketones (excluding diaryl/α,β-unsaturated/α-hetero) is 1.